The Hall–Kier alpha value is -1.66. The number of hydrogen-bond acceptors (Lipinski definition) is 4. The Balaban J connectivity index is 1.85. The van der Waals surface area contributed by atoms with Gasteiger partial charge in [0, 0.05) is 31.8 Å². The molecule has 0 aliphatic carbocycles. The lowest BCUT2D eigenvalue weighted by atomic mass is 10.1. The first-order valence-electron chi connectivity index (χ1n) is 8.06. The van der Waals surface area contributed by atoms with E-state index >= 15 is 0 Å². The van der Waals surface area contributed by atoms with E-state index < -0.39 is 0 Å². The number of anilines is 1. The largest absolute Gasteiger partial charge is 0.379 e. The molecule has 0 saturated carbocycles. The fourth-order valence-electron chi connectivity index (χ4n) is 2.37. The number of ether oxygens (including phenoxy) is 2. The van der Waals surface area contributed by atoms with Gasteiger partial charge in [0.2, 0.25) is 0 Å². The lowest BCUT2D eigenvalue weighted by molar-refractivity contribution is 0.0886. The minimum Gasteiger partial charge on any atom is -0.379 e. The van der Waals surface area contributed by atoms with Gasteiger partial charge in [-0.2, -0.15) is 0 Å². The number of hydrogen-bond donors (Lipinski definition) is 1. The number of halogens is 1. The second kappa shape index (κ2) is 8.84. The Morgan fingerprint density at radius 2 is 2.13 bits per heavy atom. The third kappa shape index (κ3) is 5.48. The van der Waals surface area contributed by atoms with Gasteiger partial charge in [-0.05, 0) is 24.1 Å². The third-order valence-corrected chi connectivity index (χ3v) is 3.54. The lowest BCUT2D eigenvalue weighted by Crippen LogP contribution is -2.36. The number of carbonyl (C=O) groups excluding carboxylic acids is 1. The van der Waals surface area contributed by atoms with Crippen LogP contribution in [0.1, 0.15) is 24.2 Å². The Morgan fingerprint density at radius 1 is 1.39 bits per heavy atom. The first kappa shape index (κ1) is 17.7. The summed E-state index contributed by atoms with van der Waals surface area (Å²) in [5, 5.41) is 2.73. The van der Waals surface area contributed by atoms with E-state index in [1.54, 1.807) is 12.1 Å². The van der Waals surface area contributed by atoms with Gasteiger partial charge in [0.25, 0.3) is 5.91 Å². The van der Waals surface area contributed by atoms with Crippen molar-refractivity contribution in [2.45, 2.75) is 13.8 Å². The van der Waals surface area contributed by atoms with Crippen molar-refractivity contribution in [1.82, 2.24) is 5.32 Å². The van der Waals surface area contributed by atoms with E-state index in [-0.39, 0.29) is 11.7 Å². The molecule has 2 rings (SSSR count). The molecule has 0 unspecified atom stereocenters. The molecular formula is C17H25FN2O3. The minimum absolute atomic E-state index is 0.287. The van der Waals surface area contributed by atoms with Crippen molar-refractivity contribution in [3.63, 3.8) is 0 Å². The maximum absolute atomic E-state index is 14.2. The monoisotopic (exact) mass is 324 g/mol. The van der Waals surface area contributed by atoms with E-state index in [9.17, 15) is 9.18 Å². The molecule has 1 aliphatic heterocycles. The molecule has 0 atom stereocenters. The van der Waals surface area contributed by atoms with Crippen LogP contribution in [0.2, 0.25) is 0 Å². The standard InChI is InChI=1S/C17H25FN2O3/c1-13(2)12-23-8-5-19-17(21)14-3-4-16(15(18)11-14)20-6-9-22-10-7-20/h3-4,11,13H,5-10,12H2,1-2H3,(H,19,21). The summed E-state index contributed by atoms with van der Waals surface area (Å²) < 4.78 is 24.9. The predicted octanol–water partition coefficient (Wildman–Crippen LogP) is 2.06. The molecule has 1 fully saturated rings. The smallest absolute Gasteiger partial charge is 0.251 e. The summed E-state index contributed by atoms with van der Waals surface area (Å²) in [5.41, 5.74) is 0.841. The molecule has 0 aromatic heterocycles. The van der Waals surface area contributed by atoms with Crippen molar-refractivity contribution < 1.29 is 18.7 Å². The fraction of sp³-hybridized carbons (Fsp3) is 0.588. The van der Waals surface area contributed by atoms with Crippen molar-refractivity contribution in [2.24, 2.45) is 5.92 Å². The van der Waals surface area contributed by atoms with Gasteiger partial charge in [0.15, 0.2) is 0 Å². The third-order valence-electron chi connectivity index (χ3n) is 3.54. The van der Waals surface area contributed by atoms with Gasteiger partial charge in [0.05, 0.1) is 25.5 Å². The summed E-state index contributed by atoms with van der Waals surface area (Å²) >= 11 is 0. The van der Waals surface area contributed by atoms with E-state index in [4.69, 9.17) is 9.47 Å². The number of amides is 1. The zero-order valence-corrected chi connectivity index (χ0v) is 13.8. The zero-order chi connectivity index (χ0) is 16.7. The van der Waals surface area contributed by atoms with Gasteiger partial charge in [-0.1, -0.05) is 13.8 Å². The van der Waals surface area contributed by atoms with E-state index in [1.165, 1.54) is 6.07 Å². The van der Waals surface area contributed by atoms with Crippen LogP contribution in [0.3, 0.4) is 0 Å². The van der Waals surface area contributed by atoms with Gasteiger partial charge in [-0.25, -0.2) is 4.39 Å². The summed E-state index contributed by atoms with van der Waals surface area (Å²) in [6, 6.07) is 4.60. The maximum Gasteiger partial charge on any atom is 0.251 e. The number of nitrogens with one attached hydrogen (secondary N) is 1. The average molecular weight is 324 g/mol. The number of morpholine rings is 1. The first-order chi connectivity index (χ1) is 11.1. The quantitative estimate of drug-likeness (QED) is 0.780. The summed E-state index contributed by atoms with van der Waals surface area (Å²) in [6.07, 6.45) is 0. The lowest BCUT2D eigenvalue weighted by Gasteiger charge is -2.29. The van der Waals surface area contributed by atoms with E-state index in [2.05, 4.69) is 19.2 Å². The molecule has 6 heteroatoms. The molecule has 128 valence electrons. The maximum atomic E-state index is 14.2. The first-order valence-corrected chi connectivity index (χ1v) is 8.06. The predicted molar refractivity (Wildman–Crippen MR) is 87.4 cm³/mol. The summed E-state index contributed by atoms with van der Waals surface area (Å²) in [5.74, 6) is -0.200. The molecule has 5 nitrogen and oxygen atoms in total. The SMILES string of the molecule is CC(C)COCCNC(=O)c1ccc(N2CCOCC2)c(F)c1. The van der Waals surface area contributed by atoms with Crippen LogP contribution in [0.15, 0.2) is 18.2 Å². The molecule has 1 aromatic rings. The highest BCUT2D eigenvalue weighted by Crippen LogP contribution is 2.21. The van der Waals surface area contributed by atoms with Gasteiger partial charge in [0.1, 0.15) is 5.82 Å². The Labute approximate surface area is 136 Å². The number of nitrogens with zero attached hydrogens (tertiary/aromatic N) is 1. The number of rotatable bonds is 7. The number of benzene rings is 1. The van der Waals surface area contributed by atoms with E-state index in [0.717, 1.165) is 0 Å². The van der Waals surface area contributed by atoms with Crippen molar-refractivity contribution in [3.8, 4) is 0 Å². The Bertz CT molecular complexity index is 517. The van der Waals surface area contributed by atoms with Crippen molar-refractivity contribution in [3.05, 3.63) is 29.6 Å². The zero-order valence-electron chi connectivity index (χ0n) is 13.8. The Kier molecular flexibility index (Phi) is 6.80. The number of carbonyl (C=O) groups is 1. The highest BCUT2D eigenvalue weighted by Gasteiger charge is 2.16. The summed E-state index contributed by atoms with van der Waals surface area (Å²) in [7, 11) is 0. The summed E-state index contributed by atoms with van der Waals surface area (Å²) in [4.78, 5) is 13.9. The van der Waals surface area contributed by atoms with Crippen molar-refractivity contribution >= 4 is 11.6 Å². The second-order valence-electron chi connectivity index (χ2n) is 5.99. The highest BCUT2D eigenvalue weighted by atomic mass is 19.1. The van der Waals surface area contributed by atoms with E-state index in [1.807, 2.05) is 4.90 Å². The average Bonchev–Trinajstić information content (AvgIpc) is 2.54. The fourth-order valence-corrected chi connectivity index (χ4v) is 2.37. The molecule has 0 spiro atoms. The van der Waals surface area contributed by atoms with Crippen LogP contribution in [-0.4, -0.2) is 52.0 Å². The van der Waals surface area contributed by atoms with Crippen LogP contribution in [-0.2, 0) is 9.47 Å². The molecule has 1 amide bonds. The molecule has 0 radical (unpaired) electrons. The molecule has 1 N–H and O–H groups in total. The topological polar surface area (TPSA) is 50.8 Å². The van der Waals surface area contributed by atoms with Crippen LogP contribution in [0, 0.1) is 11.7 Å². The van der Waals surface area contributed by atoms with Crippen LogP contribution >= 0.6 is 0 Å². The molecule has 1 aliphatic rings. The van der Waals surface area contributed by atoms with Gasteiger partial charge in [-0.15, -0.1) is 0 Å². The van der Waals surface area contributed by atoms with Gasteiger partial charge >= 0.3 is 0 Å². The molecular weight excluding hydrogens is 299 g/mol. The van der Waals surface area contributed by atoms with E-state index in [0.29, 0.717) is 63.2 Å². The van der Waals surface area contributed by atoms with Crippen molar-refractivity contribution in [1.29, 1.82) is 0 Å². The van der Waals surface area contributed by atoms with Gasteiger partial charge < -0.3 is 19.7 Å². The van der Waals surface area contributed by atoms with Gasteiger partial charge in [-0.3, -0.25) is 4.79 Å². The van der Waals surface area contributed by atoms with Crippen LogP contribution in [0.25, 0.3) is 0 Å². The molecule has 1 aromatic carbocycles. The highest BCUT2D eigenvalue weighted by molar-refractivity contribution is 5.94. The molecule has 23 heavy (non-hydrogen) atoms. The molecule has 1 saturated heterocycles. The van der Waals surface area contributed by atoms with Crippen LogP contribution in [0.5, 0.6) is 0 Å². The Morgan fingerprint density at radius 3 is 2.78 bits per heavy atom. The van der Waals surface area contributed by atoms with Crippen LogP contribution in [0.4, 0.5) is 10.1 Å². The minimum atomic E-state index is -0.379. The summed E-state index contributed by atoms with van der Waals surface area (Å²) in [6.45, 7) is 8.19. The molecule has 0 bridgehead atoms. The normalized spacial score (nSPS) is 15.0. The van der Waals surface area contributed by atoms with Crippen molar-refractivity contribution in [2.75, 3.05) is 51.0 Å². The van der Waals surface area contributed by atoms with Crippen LogP contribution < -0.4 is 10.2 Å². The second-order valence-corrected chi connectivity index (χ2v) is 5.99. The molecule has 1 heterocycles.